The van der Waals surface area contributed by atoms with Gasteiger partial charge in [-0.1, -0.05) is 43.8 Å². The zero-order valence-corrected chi connectivity index (χ0v) is 17.6. The molecule has 1 amide bonds. The first kappa shape index (κ1) is 19.3. The zero-order valence-electron chi connectivity index (χ0n) is 16.0. The van der Waals surface area contributed by atoms with Crippen molar-refractivity contribution in [3.05, 3.63) is 36.4 Å². The number of alkyl halides is 1. The van der Waals surface area contributed by atoms with E-state index in [1.165, 1.54) is 0 Å². The molecule has 28 heavy (non-hydrogen) atoms. The molecule has 7 heteroatoms. The quantitative estimate of drug-likeness (QED) is 0.446. The maximum atomic E-state index is 11.9. The SMILES string of the molecule is CCN(CC)CCn1nc2c3c(c(NC(=O)CCl)ccc31)Sc1ccccc1-2. The van der Waals surface area contributed by atoms with Gasteiger partial charge in [0.25, 0.3) is 0 Å². The summed E-state index contributed by atoms with van der Waals surface area (Å²) >= 11 is 7.38. The second-order valence-electron chi connectivity index (χ2n) is 6.72. The van der Waals surface area contributed by atoms with Gasteiger partial charge in [0, 0.05) is 27.3 Å². The minimum Gasteiger partial charge on any atom is -0.324 e. The number of fused-ring (bicyclic) bond motifs is 2. The number of aromatic nitrogens is 2. The van der Waals surface area contributed by atoms with Crippen LogP contribution in [0.15, 0.2) is 46.2 Å². The van der Waals surface area contributed by atoms with Crippen LogP contribution in [0.25, 0.3) is 22.2 Å². The predicted molar refractivity (Wildman–Crippen MR) is 116 cm³/mol. The van der Waals surface area contributed by atoms with E-state index in [1.807, 2.05) is 18.2 Å². The van der Waals surface area contributed by atoms with Gasteiger partial charge < -0.3 is 10.2 Å². The van der Waals surface area contributed by atoms with Crippen molar-refractivity contribution < 1.29 is 4.79 Å². The van der Waals surface area contributed by atoms with E-state index in [4.69, 9.17) is 16.7 Å². The Morgan fingerprint density at radius 1 is 1.21 bits per heavy atom. The maximum absolute atomic E-state index is 11.9. The number of hydrogen-bond acceptors (Lipinski definition) is 4. The first-order valence-electron chi connectivity index (χ1n) is 9.55. The summed E-state index contributed by atoms with van der Waals surface area (Å²) in [6.07, 6.45) is 0. The van der Waals surface area contributed by atoms with Crippen molar-refractivity contribution in [2.24, 2.45) is 0 Å². The van der Waals surface area contributed by atoms with E-state index >= 15 is 0 Å². The van der Waals surface area contributed by atoms with Crippen LogP contribution in [0.2, 0.25) is 0 Å². The lowest BCUT2D eigenvalue weighted by Crippen LogP contribution is -2.27. The summed E-state index contributed by atoms with van der Waals surface area (Å²) < 4.78 is 2.10. The standard InChI is InChI=1S/C21H23ClN4OS/c1-3-25(4-2)11-12-26-16-10-9-15(23-18(27)13-22)21-19(16)20(24-26)14-7-5-6-8-17(14)28-21/h5-10H,3-4,11-13H2,1-2H3,(H,23,27). The van der Waals surface area contributed by atoms with Crippen LogP contribution in [-0.2, 0) is 11.3 Å². The molecule has 3 aromatic rings. The molecule has 2 aromatic carbocycles. The summed E-state index contributed by atoms with van der Waals surface area (Å²) in [6.45, 7) is 8.21. The zero-order chi connectivity index (χ0) is 19.7. The number of carbonyl (C=O) groups excluding carboxylic acids is 1. The van der Waals surface area contributed by atoms with Crippen LogP contribution >= 0.6 is 23.4 Å². The maximum Gasteiger partial charge on any atom is 0.239 e. The molecule has 0 radical (unpaired) electrons. The number of halogens is 1. The lowest BCUT2D eigenvalue weighted by atomic mass is 10.1. The van der Waals surface area contributed by atoms with Crippen LogP contribution in [0.4, 0.5) is 5.69 Å². The molecule has 5 nitrogen and oxygen atoms in total. The molecule has 0 aliphatic carbocycles. The molecule has 0 saturated carbocycles. The van der Waals surface area contributed by atoms with Gasteiger partial charge in [0.1, 0.15) is 11.6 Å². The number of rotatable bonds is 7. The fourth-order valence-electron chi connectivity index (χ4n) is 3.63. The highest BCUT2D eigenvalue weighted by Crippen LogP contribution is 2.50. The third kappa shape index (κ3) is 3.41. The largest absolute Gasteiger partial charge is 0.324 e. The van der Waals surface area contributed by atoms with E-state index in [9.17, 15) is 4.79 Å². The fourth-order valence-corrected chi connectivity index (χ4v) is 4.87. The summed E-state index contributed by atoms with van der Waals surface area (Å²) in [7, 11) is 0. The van der Waals surface area contributed by atoms with Gasteiger partial charge in [0.2, 0.25) is 5.91 Å². The molecule has 0 fully saturated rings. The second kappa shape index (κ2) is 8.15. The van der Waals surface area contributed by atoms with E-state index in [-0.39, 0.29) is 11.8 Å². The molecule has 1 aromatic heterocycles. The van der Waals surface area contributed by atoms with Gasteiger partial charge in [-0.25, -0.2) is 0 Å². The molecular weight excluding hydrogens is 392 g/mol. The number of likely N-dealkylation sites (N-methyl/N-ethyl adjacent to an activating group) is 1. The summed E-state index contributed by atoms with van der Waals surface area (Å²) in [5, 5.41) is 9.02. The molecule has 0 saturated heterocycles. The molecule has 2 heterocycles. The topological polar surface area (TPSA) is 50.2 Å². The monoisotopic (exact) mass is 414 g/mol. The third-order valence-electron chi connectivity index (χ3n) is 5.14. The number of anilines is 1. The van der Waals surface area contributed by atoms with E-state index in [1.54, 1.807) is 11.8 Å². The highest BCUT2D eigenvalue weighted by Gasteiger charge is 2.26. The molecule has 1 aliphatic heterocycles. The van der Waals surface area contributed by atoms with Gasteiger partial charge in [0.05, 0.1) is 17.7 Å². The Bertz CT molecular complexity index is 1030. The van der Waals surface area contributed by atoms with Gasteiger partial charge >= 0.3 is 0 Å². The molecule has 0 atom stereocenters. The minimum absolute atomic E-state index is 0.0608. The molecule has 1 aliphatic rings. The Kier molecular flexibility index (Phi) is 5.62. The molecule has 4 rings (SSSR count). The van der Waals surface area contributed by atoms with Gasteiger partial charge in [-0.2, -0.15) is 5.10 Å². The van der Waals surface area contributed by atoms with E-state index < -0.39 is 0 Å². The van der Waals surface area contributed by atoms with E-state index in [0.717, 1.165) is 63.8 Å². The van der Waals surface area contributed by atoms with E-state index in [2.05, 4.69) is 46.9 Å². The fraction of sp³-hybridized carbons (Fsp3) is 0.333. The van der Waals surface area contributed by atoms with Crippen molar-refractivity contribution in [1.29, 1.82) is 0 Å². The highest BCUT2D eigenvalue weighted by molar-refractivity contribution is 8.00. The van der Waals surface area contributed by atoms with Crippen LogP contribution in [0.5, 0.6) is 0 Å². The van der Waals surface area contributed by atoms with Gasteiger partial charge in [0.15, 0.2) is 0 Å². The Labute approximate surface area is 174 Å². The molecule has 1 N–H and O–H groups in total. The number of nitrogens with zero attached hydrogens (tertiary/aromatic N) is 3. The second-order valence-corrected chi connectivity index (χ2v) is 8.03. The van der Waals surface area contributed by atoms with Crippen molar-refractivity contribution >= 4 is 45.9 Å². The first-order valence-corrected chi connectivity index (χ1v) is 10.9. The number of nitrogens with one attached hydrogen (secondary N) is 1. The number of carbonyl (C=O) groups is 1. The number of benzene rings is 2. The van der Waals surface area contributed by atoms with Crippen molar-refractivity contribution in [2.45, 2.75) is 30.2 Å². The van der Waals surface area contributed by atoms with Crippen LogP contribution in [0.1, 0.15) is 13.8 Å². The van der Waals surface area contributed by atoms with Crippen LogP contribution < -0.4 is 5.32 Å². The summed E-state index contributed by atoms with van der Waals surface area (Å²) in [6, 6.07) is 12.3. The average molecular weight is 415 g/mol. The van der Waals surface area contributed by atoms with Crippen molar-refractivity contribution in [3.63, 3.8) is 0 Å². The van der Waals surface area contributed by atoms with E-state index in [0.29, 0.717) is 0 Å². The lowest BCUT2D eigenvalue weighted by Gasteiger charge is -2.18. The normalized spacial score (nSPS) is 12.4. The smallest absolute Gasteiger partial charge is 0.239 e. The summed E-state index contributed by atoms with van der Waals surface area (Å²) in [4.78, 5) is 16.5. The molecule has 0 unspecified atom stereocenters. The molecule has 0 bridgehead atoms. The Morgan fingerprint density at radius 3 is 2.75 bits per heavy atom. The van der Waals surface area contributed by atoms with Crippen LogP contribution in [0, 0.1) is 0 Å². The first-order chi connectivity index (χ1) is 13.7. The summed E-state index contributed by atoms with van der Waals surface area (Å²) in [5.74, 6) is -0.262. The third-order valence-corrected chi connectivity index (χ3v) is 6.59. The van der Waals surface area contributed by atoms with Crippen molar-refractivity contribution in [2.75, 3.05) is 30.8 Å². The predicted octanol–water partition coefficient (Wildman–Crippen LogP) is 4.69. The van der Waals surface area contributed by atoms with Crippen molar-refractivity contribution in [1.82, 2.24) is 14.7 Å². The molecule has 0 spiro atoms. The van der Waals surface area contributed by atoms with Crippen LogP contribution in [-0.4, -0.2) is 46.1 Å². The Morgan fingerprint density at radius 2 is 2.00 bits per heavy atom. The molecular formula is C21H23ClN4OS. The van der Waals surface area contributed by atoms with Crippen molar-refractivity contribution in [3.8, 4) is 11.3 Å². The Balaban J connectivity index is 1.83. The van der Waals surface area contributed by atoms with Gasteiger partial charge in [-0.05, 0) is 31.3 Å². The van der Waals surface area contributed by atoms with Crippen LogP contribution in [0.3, 0.4) is 0 Å². The van der Waals surface area contributed by atoms with Gasteiger partial charge in [-0.15, -0.1) is 11.6 Å². The summed E-state index contributed by atoms with van der Waals surface area (Å²) in [5.41, 5.74) is 4.03. The Hall–Kier alpha value is -2.02. The number of amides is 1. The highest BCUT2D eigenvalue weighted by atomic mass is 35.5. The number of hydrogen-bond donors (Lipinski definition) is 1. The average Bonchev–Trinajstić information content (AvgIpc) is 3.10. The van der Waals surface area contributed by atoms with Gasteiger partial charge in [-0.3, -0.25) is 9.48 Å². The molecule has 146 valence electrons. The minimum atomic E-state index is -0.202. The lowest BCUT2D eigenvalue weighted by molar-refractivity contribution is -0.113.